The maximum absolute atomic E-state index is 11.8. The van der Waals surface area contributed by atoms with E-state index in [1.54, 1.807) is 12.1 Å². The summed E-state index contributed by atoms with van der Waals surface area (Å²) in [6, 6.07) is 6.81. The fourth-order valence-corrected chi connectivity index (χ4v) is 2.09. The first-order chi connectivity index (χ1) is 9.43. The van der Waals surface area contributed by atoms with Crippen LogP contribution in [0.4, 0.5) is 5.69 Å². The number of amides is 1. The number of rotatable bonds is 6. The van der Waals surface area contributed by atoms with Crippen LogP contribution in [0.2, 0.25) is 0 Å². The Kier molecular flexibility index (Phi) is 6.67. The maximum atomic E-state index is 11.8. The van der Waals surface area contributed by atoms with Crippen LogP contribution in [0, 0.1) is 5.92 Å². The van der Waals surface area contributed by atoms with Crippen LogP contribution in [-0.2, 0) is 14.3 Å². The summed E-state index contributed by atoms with van der Waals surface area (Å²) in [6.45, 7) is 3.83. The fraction of sp³-hybridized carbons (Fsp3) is 0.429. The molecule has 20 heavy (non-hydrogen) atoms. The molecular weight excluding hydrogens is 324 g/mol. The van der Waals surface area contributed by atoms with Gasteiger partial charge >= 0.3 is 5.97 Å². The highest BCUT2D eigenvalue weighted by Gasteiger charge is 2.22. The van der Waals surface area contributed by atoms with E-state index < -0.39 is 6.04 Å². The molecule has 0 aliphatic carbocycles. The van der Waals surface area contributed by atoms with Crippen LogP contribution in [0.3, 0.4) is 0 Å². The van der Waals surface area contributed by atoms with Crippen LogP contribution < -0.4 is 10.6 Å². The predicted molar refractivity (Wildman–Crippen MR) is 81.4 cm³/mol. The molecule has 0 aromatic heterocycles. The maximum Gasteiger partial charge on any atom is 0.323 e. The summed E-state index contributed by atoms with van der Waals surface area (Å²) in [5, 5.41) is 5.66. The molecule has 0 fully saturated rings. The van der Waals surface area contributed by atoms with Crippen molar-refractivity contribution in [1.82, 2.24) is 5.32 Å². The predicted octanol–water partition coefficient (Wildman–Crippen LogP) is 2.17. The zero-order chi connectivity index (χ0) is 15.1. The minimum atomic E-state index is -0.492. The summed E-state index contributed by atoms with van der Waals surface area (Å²) < 4.78 is 5.59. The Morgan fingerprint density at radius 3 is 2.60 bits per heavy atom. The summed E-state index contributed by atoms with van der Waals surface area (Å²) in [7, 11) is 1.33. The molecule has 1 unspecified atom stereocenters. The lowest BCUT2D eigenvalue weighted by Crippen LogP contribution is -2.45. The Balaban J connectivity index is 2.52. The van der Waals surface area contributed by atoms with Gasteiger partial charge in [0.05, 0.1) is 13.7 Å². The zero-order valence-corrected chi connectivity index (χ0v) is 13.4. The van der Waals surface area contributed by atoms with Crippen LogP contribution in [-0.4, -0.2) is 31.6 Å². The Bertz CT molecular complexity index is 477. The topological polar surface area (TPSA) is 67.4 Å². The van der Waals surface area contributed by atoms with Crippen molar-refractivity contribution in [3.8, 4) is 0 Å². The number of benzene rings is 1. The van der Waals surface area contributed by atoms with Gasteiger partial charge in [0.25, 0.3) is 0 Å². The second kappa shape index (κ2) is 8.01. The smallest absolute Gasteiger partial charge is 0.323 e. The molecule has 6 heteroatoms. The number of carbonyl (C=O) groups excluding carboxylic acids is 2. The van der Waals surface area contributed by atoms with E-state index in [4.69, 9.17) is 4.74 Å². The van der Waals surface area contributed by atoms with Gasteiger partial charge < -0.3 is 10.1 Å². The molecule has 0 saturated carbocycles. The number of halogens is 1. The lowest BCUT2D eigenvalue weighted by atomic mass is 10.0. The molecule has 0 spiro atoms. The van der Waals surface area contributed by atoms with E-state index >= 15 is 0 Å². The number of carbonyl (C=O) groups is 2. The lowest BCUT2D eigenvalue weighted by Gasteiger charge is -2.19. The van der Waals surface area contributed by atoms with Crippen LogP contribution in [0.1, 0.15) is 13.8 Å². The van der Waals surface area contributed by atoms with E-state index in [0.29, 0.717) is 5.69 Å². The van der Waals surface area contributed by atoms with Crippen LogP contribution >= 0.6 is 15.9 Å². The molecule has 0 bridgehead atoms. The van der Waals surface area contributed by atoms with Gasteiger partial charge in [-0.1, -0.05) is 35.8 Å². The summed E-state index contributed by atoms with van der Waals surface area (Å²) in [6.07, 6.45) is 0. The normalized spacial score (nSPS) is 12.1. The van der Waals surface area contributed by atoms with Crippen LogP contribution in [0.5, 0.6) is 0 Å². The molecule has 0 aliphatic rings. The Morgan fingerprint density at radius 2 is 2.05 bits per heavy atom. The van der Waals surface area contributed by atoms with E-state index in [1.807, 2.05) is 26.0 Å². The molecule has 0 heterocycles. The second-order valence-electron chi connectivity index (χ2n) is 4.68. The first-order valence-corrected chi connectivity index (χ1v) is 7.10. The number of nitrogens with one attached hydrogen (secondary N) is 2. The van der Waals surface area contributed by atoms with Gasteiger partial charge in [-0.2, -0.15) is 0 Å². The first kappa shape index (κ1) is 16.7. The third kappa shape index (κ3) is 5.30. The largest absolute Gasteiger partial charge is 0.468 e. The molecule has 0 saturated heterocycles. The van der Waals surface area contributed by atoms with Crippen molar-refractivity contribution in [2.45, 2.75) is 19.9 Å². The monoisotopic (exact) mass is 342 g/mol. The molecule has 1 aromatic rings. The molecule has 1 amide bonds. The minimum Gasteiger partial charge on any atom is -0.468 e. The van der Waals surface area contributed by atoms with Crippen molar-refractivity contribution in [3.63, 3.8) is 0 Å². The summed E-state index contributed by atoms with van der Waals surface area (Å²) in [5.74, 6) is -0.533. The highest BCUT2D eigenvalue weighted by molar-refractivity contribution is 9.10. The van der Waals surface area contributed by atoms with Crippen molar-refractivity contribution < 1.29 is 14.3 Å². The first-order valence-electron chi connectivity index (χ1n) is 6.30. The quantitative estimate of drug-likeness (QED) is 0.777. The summed E-state index contributed by atoms with van der Waals surface area (Å²) in [5.41, 5.74) is 0.699. The SMILES string of the molecule is COC(=O)C(NCC(=O)Nc1cccc(Br)c1)C(C)C. The average molecular weight is 343 g/mol. The highest BCUT2D eigenvalue weighted by Crippen LogP contribution is 2.15. The average Bonchev–Trinajstić information content (AvgIpc) is 2.38. The van der Waals surface area contributed by atoms with Crippen molar-refractivity contribution in [2.75, 3.05) is 19.0 Å². The minimum absolute atomic E-state index is 0.0427. The lowest BCUT2D eigenvalue weighted by molar-refractivity contribution is -0.144. The molecule has 1 rings (SSSR count). The number of methoxy groups -OCH3 is 1. The second-order valence-corrected chi connectivity index (χ2v) is 5.60. The van der Waals surface area contributed by atoms with Crippen molar-refractivity contribution in [3.05, 3.63) is 28.7 Å². The Morgan fingerprint density at radius 1 is 1.35 bits per heavy atom. The number of hydrogen-bond acceptors (Lipinski definition) is 4. The van der Waals surface area contributed by atoms with Gasteiger partial charge in [-0.3, -0.25) is 14.9 Å². The van der Waals surface area contributed by atoms with Crippen molar-refractivity contribution >= 4 is 33.5 Å². The Labute approximate surface area is 127 Å². The zero-order valence-electron chi connectivity index (χ0n) is 11.8. The molecule has 0 aliphatic heterocycles. The highest BCUT2D eigenvalue weighted by atomic mass is 79.9. The van der Waals surface area contributed by atoms with E-state index in [2.05, 4.69) is 26.6 Å². The van der Waals surface area contributed by atoms with Gasteiger partial charge in [0.2, 0.25) is 5.91 Å². The number of ether oxygens (including phenoxy) is 1. The van der Waals surface area contributed by atoms with E-state index in [9.17, 15) is 9.59 Å². The van der Waals surface area contributed by atoms with Gasteiger partial charge in [-0.05, 0) is 24.1 Å². The van der Waals surface area contributed by atoms with Crippen molar-refractivity contribution in [2.24, 2.45) is 5.92 Å². The third-order valence-corrected chi connectivity index (χ3v) is 3.21. The standard InChI is InChI=1S/C14H19BrN2O3/c1-9(2)13(14(19)20-3)16-8-12(18)17-11-6-4-5-10(15)7-11/h4-7,9,13,16H,8H2,1-3H3,(H,17,18). The Hall–Kier alpha value is -1.40. The van der Waals surface area contributed by atoms with Crippen molar-refractivity contribution in [1.29, 1.82) is 0 Å². The summed E-state index contributed by atoms with van der Waals surface area (Å²) >= 11 is 3.33. The van der Waals surface area contributed by atoms with Gasteiger partial charge in [0.1, 0.15) is 6.04 Å². The number of anilines is 1. The molecule has 1 aromatic carbocycles. The third-order valence-electron chi connectivity index (χ3n) is 2.71. The number of esters is 1. The van der Waals surface area contributed by atoms with Gasteiger partial charge in [0, 0.05) is 10.2 Å². The van der Waals surface area contributed by atoms with Gasteiger partial charge in [-0.25, -0.2) is 0 Å². The molecule has 5 nitrogen and oxygen atoms in total. The number of hydrogen-bond donors (Lipinski definition) is 2. The van der Waals surface area contributed by atoms with E-state index in [1.165, 1.54) is 7.11 Å². The molecule has 1 atom stereocenters. The van der Waals surface area contributed by atoms with Crippen LogP contribution in [0.25, 0.3) is 0 Å². The fourth-order valence-electron chi connectivity index (χ4n) is 1.69. The van der Waals surface area contributed by atoms with Gasteiger partial charge in [0.15, 0.2) is 0 Å². The van der Waals surface area contributed by atoms with Gasteiger partial charge in [-0.15, -0.1) is 0 Å². The van der Waals surface area contributed by atoms with E-state index in [0.717, 1.165) is 4.47 Å². The van der Waals surface area contributed by atoms with Crippen LogP contribution in [0.15, 0.2) is 28.7 Å². The van der Waals surface area contributed by atoms with E-state index in [-0.39, 0.29) is 24.3 Å². The molecule has 110 valence electrons. The molecular formula is C14H19BrN2O3. The molecule has 0 radical (unpaired) electrons. The molecule has 2 N–H and O–H groups in total. The summed E-state index contributed by atoms with van der Waals surface area (Å²) in [4.78, 5) is 23.4.